The van der Waals surface area contributed by atoms with Crippen LogP contribution in [0.1, 0.15) is 45.2 Å². The van der Waals surface area contributed by atoms with Crippen LogP contribution >= 0.6 is 0 Å². The fraction of sp³-hybridized carbons (Fsp3) is 0.625. The maximum atomic E-state index is 14.3. The standard InChI is InChI=1S/C16H26FNO2/c1-6-11(3)8-14(18-7-2)12-9-15(19-4)16(20-5)10-13(12)17/h9-11,14,18H,6-8H2,1-5H3. The Kier molecular flexibility index (Phi) is 6.79. The molecule has 0 aromatic heterocycles. The highest BCUT2D eigenvalue weighted by Crippen LogP contribution is 2.34. The van der Waals surface area contributed by atoms with Crippen molar-refractivity contribution < 1.29 is 13.9 Å². The van der Waals surface area contributed by atoms with Crippen LogP contribution in [0.5, 0.6) is 11.5 Å². The first kappa shape index (κ1) is 16.8. The molecule has 1 aromatic rings. The molecule has 2 atom stereocenters. The van der Waals surface area contributed by atoms with Crippen molar-refractivity contribution in [1.82, 2.24) is 5.32 Å². The molecule has 2 unspecified atom stereocenters. The Bertz CT molecular complexity index is 423. The predicted octanol–water partition coefficient (Wildman–Crippen LogP) is 3.93. The number of ether oxygens (including phenoxy) is 2. The highest BCUT2D eigenvalue weighted by atomic mass is 19.1. The van der Waals surface area contributed by atoms with E-state index in [9.17, 15) is 4.39 Å². The van der Waals surface area contributed by atoms with Crippen molar-refractivity contribution in [2.45, 2.75) is 39.7 Å². The zero-order valence-electron chi connectivity index (χ0n) is 13.1. The molecular formula is C16H26FNO2. The first-order valence-electron chi connectivity index (χ1n) is 7.22. The fourth-order valence-corrected chi connectivity index (χ4v) is 2.27. The normalized spacial score (nSPS) is 13.9. The van der Waals surface area contributed by atoms with Crippen LogP contribution in [0.4, 0.5) is 4.39 Å². The van der Waals surface area contributed by atoms with E-state index < -0.39 is 0 Å². The second-order valence-corrected chi connectivity index (χ2v) is 5.09. The Morgan fingerprint density at radius 1 is 1.15 bits per heavy atom. The maximum Gasteiger partial charge on any atom is 0.163 e. The Labute approximate surface area is 121 Å². The first-order chi connectivity index (χ1) is 9.57. The van der Waals surface area contributed by atoms with Gasteiger partial charge in [0.05, 0.1) is 14.2 Å². The molecule has 1 aromatic carbocycles. The number of hydrogen-bond donors (Lipinski definition) is 1. The quantitative estimate of drug-likeness (QED) is 0.784. The van der Waals surface area contributed by atoms with Gasteiger partial charge in [-0.05, 0) is 24.9 Å². The van der Waals surface area contributed by atoms with Crippen LogP contribution in [-0.2, 0) is 0 Å². The lowest BCUT2D eigenvalue weighted by atomic mass is 9.93. The van der Waals surface area contributed by atoms with E-state index in [0.29, 0.717) is 23.0 Å². The third-order valence-electron chi connectivity index (χ3n) is 3.66. The fourth-order valence-electron chi connectivity index (χ4n) is 2.27. The van der Waals surface area contributed by atoms with Crippen LogP contribution in [-0.4, -0.2) is 20.8 Å². The smallest absolute Gasteiger partial charge is 0.163 e. The monoisotopic (exact) mass is 283 g/mol. The zero-order chi connectivity index (χ0) is 15.1. The summed E-state index contributed by atoms with van der Waals surface area (Å²) >= 11 is 0. The number of halogens is 1. The molecule has 20 heavy (non-hydrogen) atoms. The van der Waals surface area contributed by atoms with E-state index in [1.165, 1.54) is 13.2 Å². The Morgan fingerprint density at radius 2 is 1.75 bits per heavy atom. The van der Waals surface area contributed by atoms with E-state index in [1.807, 2.05) is 6.92 Å². The van der Waals surface area contributed by atoms with Gasteiger partial charge in [-0.3, -0.25) is 0 Å². The van der Waals surface area contributed by atoms with E-state index in [4.69, 9.17) is 9.47 Å². The molecule has 0 aliphatic carbocycles. The van der Waals surface area contributed by atoms with Crippen molar-refractivity contribution in [1.29, 1.82) is 0 Å². The topological polar surface area (TPSA) is 30.5 Å². The molecule has 1 N–H and O–H groups in total. The van der Waals surface area contributed by atoms with Gasteiger partial charge < -0.3 is 14.8 Å². The third-order valence-corrected chi connectivity index (χ3v) is 3.66. The molecule has 0 bridgehead atoms. The molecule has 0 aliphatic heterocycles. The van der Waals surface area contributed by atoms with Crippen molar-refractivity contribution in [2.75, 3.05) is 20.8 Å². The van der Waals surface area contributed by atoms with E-state index in [1.54, 1.807) is 13.2 Å². The molecule has 0 amide bonds. The molecule has 0 heterocycles. The zero-order valence-corrected chi connectivity index (χ0v) is 13.1. The number of rotatable bonds is 8. The summed E-state index contributed by atoms with van der Waals surface area (Å²) in [6.07, 6.45) is 1.98. The van der Waals surface area contributed by atoms with Crippen LogP contribution in [0.25, 0.3) is 0 Å². The SMILES string of the molecule is CCNC(CC(C)CC)c1cc(OC)c(OC)cc1F. The van der Waals surface area contributed by atoms with E-state index in [2.05, 4.69) is 19.2 Å². The van der Waals surface area contributed by atoms with Gasteiger partial charge in [-0.25, -0.2) is 4.39 Å². The summed E-state index contributed by atoms with van der Waals surface area (Å²) in [5.74, 6) is 1.27. The second kappa shape index (κ2) is 8.10. The summed E-state index contributed by atoms with van der Waals surface area (Å²) in [4.78, 5) is 0. The van der Waals surface area contributed by atoms with Gasteiger partial charge in [0.2, 0.25) is 0 Å². The van der Waals surface area contributed by atoms with Gasteiger partial charge in [0.15, 0.2) is 11.5 Å². The average molecular weight is 283 g/mol. The molecule has 0 saturated carbocycles. The summed E-state index contributed by atoms with van der Waals surface area (Å²) in [6.45, 7) is 7.17. The molecule has 4 heteroatoms. The Balaban J connectivity index is 3.11. The highest BCUT2D eigenvalue weighted by molar-refractivity contribution is 5.44. The molecule has 114 valence electrons. The van der Waals surface area contributed by atoms with Crippen LogP contribution in [0.2, 0.25) is 0 Å². The van der Waals surface area contributed by atoms with Crippen LogP contribution in [0.3, 0.4) is 0 Å². The highest BCUT2D eigenvalue weighted by Gasteiger charge is 2.20. The molecule has 0 spiro atoms. The van der Waals surface area contributed by atoms with Gasteiger partial charge in [0.25, 0.3) is 0 Å². The number of hydrogen-bond acceptors (Lipinski definition) is 3. The summed E-state index contributed by atoms with van der Waals surface area (Å²) in [5, 5.41) is 3.36. The van der Waals surface area contributed by atoms with Gasteiger partial charge in [-0.2, -0.15) is 0 Å². The third kappa shape index (κ3) is 4.10. The van der Waals surface area contributed by atoms with E-state index in [-0.39, 0.29) is 11.9 Å². The summed E-state index contributed by atoms with van der Waals surface area (Å²) in [6, 6.07) is 3.13. The lowest BCUT2D eigenvalue weighted by molar-refractivity contribution is 0.347. The number of methoxy groups -OCH3 is 2. The summed E-state index contributed by atoms with van der Waals surface area (Å²) < 4.78 is 24.7. The minimum absolute atomic E-state index is 0.00486. The Hall–Kier alpha value is -1.29. The lowest BCUT2D eigenvalue weighted by Gasteiger charge is -2.23. The van der Waals surface area contributed by atoms with E-state index in [0.717, 1.165) is 19.4 Å². The maximum absolute atomic E-state index is 14.3. The van der Waals surface area contributed by atoms with E-state index >= 15 is 0 Å². The second-order valence-electron chi connectivity index (χ2n) is 5.09. The minimum Gasteiger partial charge on any atom is -0.493 e. The average Bonchev–Trinajstić information content (AvgIpc) is 2.46. The largest absolute Gasteiger partial charge is 0.493 e. The van der Waals surface area contributed by atoms with Gasteiger partial charge in [-0.1, -0.05) is 27.2 Å². The van der Waals surface area contributed by atoms with Gasteiger partial charge in [0, 0.05) is 17.7 Å². The number of nitrogens with one attached hydrogen (secondary N) is 1. The van der Waals surface area contributed by atoms with Gasteiger partial charge in [0.1, 0.15) is 5.82 Å². The molecule has 0 fully saturated rings. The van der Waals surface area contributed by atoms with Gasteiger partial charge in [-0.15, -0.1) is 0 Å². The van der Waals surface area contributed by atoms with Crippen molar-refractivity contribution in [3.05, 3.63) is 23.5 Å². The molecule has 0 radical (unpaired) electrons. The Morgan fingerprint density at radius 3 is 2.25 bits per heavy atom. The van der Waals surface area contributed by atoms with Crippen LogP contribution in [0, 0.1) is 11.7 Å². The molecule has 3 nitrogen and oxygen atoms in total. The lowest BCUT2D eigenvalue weighted by Crippen LogP contribution is -2.24. The summed E-state index contributed by atoms with van der Waals surface area (Å²) in [5.41, 5.74) is 0.643. The predicted molar refractivity (Wildman–Crippen MR) is 80.0 cm³/mol. The van der Waals surface area contributed by atoms with Gasteiger partial charge >= 0.3 is 0 Å². The number of benzene rings is 1. The summed E-state index contributed by atoms with van der Waals surface area (Å²) in [7, 11) is 3.08. The van der Waals surface area contributed by atoms with Crippen molar-refractivity contribution in [3.8, 4) is 11.5 Å². The van der Waals surface area contributed by atoms with Crippen LogP contribution in [0.15, 0.2) is 12.1 Å². The van der Waals surface area contributed by atoms with Crippen LogP contribution < -0.4 is 14.8 Å². The molecule has 1 rings (SSSR count). The van der Waals surface area contributed by atoms with Crippen molar-refractivity contribution >= 4 is 0 Å². The van der Waals surface area contributed by atoms with Crippen molar-refractivity contribution in [2.24, 2.45) is 5.92 Å². The molecule has 0 aliphatic rings. The minimum atomic E-state index is -0.253. The van der Waals surface area contributed by atoms with Crippen molar-refractivity contribution in [3.63, 3.8) is 0 Å². The molecule has 0 saturated heterocycles. The molecular weight excluding hydrogens is 257 g/mol. The first-order valence-corrected chi connectivity index (χ1v) is 7.22.